The number of nitrogens with one attached hydrogen (secondary N) is 1. The van der Waals surface area contributed by atoms with Crippen molar-refractivity contribution in [2.45, 2.75) is 24.3 Å². The van der Waals surface area contributed by atoms with Crippen molar-refractivity contribution in [2.24, 2.45) is 9.98 Å². The van der Waals surface area contributed by atoms with E-state index in [-0.39, 0.29) is 5.91 Å². The van der Waals surface area contributed by atoms with Gasteiger partial charge in [0.2, 0.25) is 5.91 Å². The van der Waals surface area contributed by atoms with Gasteiger partial charge >= 0.3 is 0 Å². The Bertz CT molecular complexity index is 918. The van der Waals surface area contributed by atoms with Crippen LogP contribution in [0.2, 0.25) is 0 Å². The number of amides is 1. The summed E-state index contributed by atoms with van der Waals surface area (Å²) >= 11 is 3.56. The van der Waals surface area contributed by atoms with Gasteiger partial charge in [-0.2, -0.15) is 0 Å². The van der Waals surface area contributed by atoms with E-state index in [1.807, 2.05) is 18.0 Å². The third kappa shape index (κ3) is 3.85. The van der Waals surface area contributed by atoms with Crippen molar-refractivity contribution in [3.63, 3.8) is 0 Å². The van der Waals surface area contributed by atoms with Crippen molar-refractivity contribution in [2.75, 3.05) is 44.2 Å². The second-order valence-electron chi connectivity index (χ2n) is 7.66. The van der Waals surface area contributed by atoms with Crippen molar-refractivity contribution in [3.8, 4) is 0 Å². The lowest BCUT2D eigenvalue weighted by molar-refractivity contribution is -0.117. The third-order valence-electron chi connectivity index (χ3n) is 5.99. The van der Waals surface area contributed by atoms with Crippen LogP contribution >= 0.6 is 23.5 Å². The van der Waals surface area contributed by atoms with E-state index in [9.17, 15) is 4.79 Å². The van der Waals surface area contributed by atoms with Gasteiger partial charge in [0.05, 0.1) is 11.4 Å². The molecule has 4 aliphatic rings. The summed E-state index contributed by atoms with van der Waals surface area (Å²) in [5, 5.41) is 4.01. The number of fused-ring (bicyclic) bond motifs is 1. The van der Waals surface area contributed by atoms with Crippen molar-refractivity contribution >= 4 is 46.5 Å². The molecule has 4 aliphatic heterocycles. The largest absolute Gasteiger partial charge is 0.352 e. The van der Waals surface area contributed by atoms with Crippen molar-refractivity contribution in [1.29, 1.82) is 0 Å². The summed E-state index contributed by atoms with van der Waals surface area (Å²) in [4.78, 5) is 27.6. The van der Waals surface area contributed by atoms with Gasteiger partial charge in [-0.1, -0.05) is 17.8 Å². The number of thioether (sulfide) groups is 2. The molecule has 1 fully saturated rings. The van der Waals surface area contributed by atoms with E-state index in [1.165, 1.54) is 10.5 Å². The van der Waals surface area contributed by atoms with Gasteiger partial charge in [-0.25, -0.2) is 4.99 Å². The van der Waals surface area contributed by atoms with Crippen LogP contribution in [0.3, 0.4) is 0 Å². The monoisotopic (exact) mass is 427 g/mol. The van der Waals surface area contributed by atoms with Gasteiger partial charge in [0, 0.05) is 73.4 Å². The first kappa shape index (κ1) is 19.2. The molecule has 1 unspecified atom stereocenters. The Balaban J connectivity index is 1.24. The minimum absolute atomic E-state index is 0.0629. The fourth-order valence-corrected chi connectivity index (χ4v) is 6.06. The molecule has 0 saturated carbocycles. The molecule has 0 aliphatic carbocycles. The topological polar surface area (TPSA) is 60.3 Å². The number of amidine groups is 1. The van der Waals surface area contributed by atoms with Crippen LogP contribution in [0.4, 0.5) is 5.69 Å². The van der Waals surface area contributed by atoms with E-state index in [2.05, 4.69) is 45.2 Å². The van der Waals surface area contributed by atoms with Crippen molar-refractivity contribution in [3.05, 3.63) is 35.0 Å². The number of piperazine rings is 1. The van der Waals surface area contributed by atoms with Gasteiger partial charge in [0.1, 0.15) is 0 Å². The normalized spacial score (nSPS) is 23.3. The molecular weight excluding hydrogens is 402 g/mol. The van der Waals surface area contributed by atoms with Crippen LogP contribution in [0, 0.1) is 0 Å². The van der Waals surface area contributed by atoms with Gasteiger partial charge < -0.3 is 10.2 Å². The number of nitrogens with zero attached hydrogens (tertiary/aromatic N) is 4. The molecule has 1 aromatic rings. The van der Waals surface area contributed by atoms with Gasteiger partial charge in [0.25, 0.3) is 0 Å². The van der Waals surface area contributed by atoms with E-state index in [0.717, 1.165) is 66.2 Å². The Morgan fingerprint density at radius 2 is 2.03 bits per heavy atom. The molecule has 6 nitrogen and oxygen atoms in total. The molecule has 152 valence electrons. The smallest absolute Gasteiger partial charge is 0.249 e. The maximum absolute atomic E-state index is 12.0. The highest BCUT2D eigenvalue weighted by molar-refractivity contribution is 8.14. The highest BCUT2D eigenvalue weighted by atomic mass is 32.2. The minimum Gasteiger partial charge on any atom is -0.352 e. The molecule has 0 radical (unpaired) electrons. The van der Waals surface area contributed by atoms with E-state index in [1.54, 1.807) is 11.8 Å². The summed E-state index contributed by atoms with van der Waals surface area (Å²) < 4.78 is 0. The molecule has 1 atom stereocenters. The molecule has 0 spiro atoms. The number of rotatable bonds is 2. The Morgan fingerprint density at radius 3 is 2.90 bits per heavy atom. The Hall–Kier alpha value is -1.77. The second-order valence-corrected chi connectivity index (χ2v) is 9.67. The molecule has 1 amide bonds. The lowest BCUT2D eigenvalue weighted by atomic mass is 10.1. The summed E-state index contributed by atoms with van der Waals surface area (Å²) in [6.45, 7) is 6.98. The average molecular weight is 428 g/mol. The molecule has 1 N–H and O–H groups in total. The number of carbonyl (C=O) groups is 1. The number of benzene rings is 1. The van der Waals surface area contributed by atoms with Crippen LogP contribution in [0.1, 0.15) is 24.9 Å². The molecule has 0 bridgehead atoms. The summed E-state index contributed by atoms with van der Waals surface area (Å²) in [7, 11) is 0. The number of hydrogen-bond acceptors (Lipinski definition) is 7. The van der Waals surface area contributed by atoms with E-state index >= 15 is 0 Å². The molecular formula is C21H25N5OS2. The second kappa shape index (κ2) is 8.16. The van der Waals surface area contributed by atoms with Crippen LogP contribution in [0.5, 0.6) is 0 Å². The van der Waals surface area contributed by atoms with Crippen LogP contribution in [-0.2, 0) is 4.79 Å². The zero-order valence-corrected chi connectivity index (χ0v) is 18.2. The third-order valence-corrected chi connectivity index (χ3v) is 8.00. The lowest BCUT2D eigenvalue weighted by Gasteiger charge is -2.40. The number of aliphatic imine (C=N–C) groups is 2. The van der Waals surface area contributed by atoms with Gasteiger partial charge in [0.15, 0.2) is 5.17 Å². The SMILES string of the molecule is CC(c1ccc2c(c1)N=CCS2)N1CCN(C2=NC3=C(CS2)C(=O)NCC3)CC1. The lowest BCUT2D eigenvalue weighted by Crippen LogP contribution is -2.49. The Morgan fingerprint density at radius 1 is 1.17 bits per heavy atom. The van der Waals surface area contributed by atoms with Crippen LogP contribution in [0.15, 0.2) is 44.3 Å². The number of carbonyl (C=O) groups excluding carboxylic acids is 1. The van der Waals surface area contributed by atoms with Gasteiger partial charge in [-0.15, -0.1) is 11.8 Å². The van der Waals surface area contributed by atoms with Crippen molar-refractivity contribution < 1.29 is 4.79 Å². The van der Waals surface area contributed by atoms with Crippen LogP contribution in [0.25, 0.3) is 0 Å². The summed E-state index contributed by atoms with van der Waals surface area (Å²) in [5.74, 6) is 1.77. The van der Waals surface area contributed by atoms with E-state index < -0.39 is 0 Å². The Labute approximate surface area is 179 Å². The summed E-state index contributed by atoms with van der Waals surface area (Å²) in [6, 6.07) is 7.10. The molecule has 1 aromatic carbocycles. The highest BCUT2D eigenvalue weighted by Gasteiger charge is 2.29. The van der Waals surface area contributed by atoms with Gasteiger partial charge in [-0.05, 0) is 24.6 Å². The first-order chi connectivity index (χ1) is 14.2. The first-order valence-electron chi connectivity index (χ1n) is 10.2. The van der Waals surface area contributed by atoms with Crippen LogP contribution in [-0.4, -0.2) is 71.3 Å². The number of hydrogen-bond donors (Lipinski definition) is 1. The molecule has 1 saturated heterocycles. The van der Waals surface area contributed by atoms with E-state index in [0.29, 0.717) is 12.6 Å². The quantitative estimate of drug-likeness (QED) is 0.786. The fraction of sp³-hybridized carbons (Fsp3) is 0.476. The van der Waals surface area contributed by atoms with Crippen molar-refractivity contribution in [1.82, 2.24) is 15.1 Å². The van der Waals surface area contributed by atoms with Crippen LogP contribution < -0.4 is 5.32 Å². The minimum atomic E-state index is 0.0629. The average Bonchev–Trinajstić information content (AvgIpc) is 2.78. The predicted octanol–water partition coefficient (Wildman–Crippen LogP) is 3.05. The fourth-order valence-electron chi connectivity index (χ4n) is 4.19. The zero-order valence-electron chi connectivity index (χ0n) is 16.6. The highest BCUT2D eigenvalue weighted by Crippen LogP contribution is 2.36. The first-order valence-corrected chi connectivity index (χ1v) is 12.2. The Kier molecular flexibility index (Phi) is 5.41. The predicted molar refractivity (Wildman–Crippen MR) is 121 cm³/mol. The maximum atomic E-state index is 12.0. The molecule has 0 aromatic heterocycles. The maximum Gasteiger partial charge on any atom is 0.249 e. The van der Waals surface area contributed by atoms with Gasteiger partial charge in [-0.3, -0.25) is 14.7 Å². The standard InChI is InChI=1S/C21H25N5OS2/c1-14(15-2-3-19-18(12-15)22-6-11-28-19)25-7-9-26(10-8-25)21-24-17-4-5-23-20(27)16(17)13-29-21/h2-3,6,12,14H,4-5,7-11,13H2,1H3,(H,23,27). The van der Waals surface area contributed by atoms with E-state index in [4.69, 9.17) is 4.99 Å². The summed E-state index contributed by atoms with van der Waals surface area (Å²) in [6.07, 6.45) is 2.85. The zero-order chi connectivity index (χ0) is 19.8. The molecule has 5 rings (SSSR count). The molecule has 4 heterocycles. The molecule has 29 heavy (non-hydrogen) atoms. The summed E-state index contributed by atoms with van der Waals surface area (Å²) in [5.41, 5.74) is 4.30. The molecule has 8 heteroatoms.